The molecule has 2 heterocycles. The molecule has 2 saturated carbocycles. The SMILES string of the molecule is Cl.Cl.Nc1nc(NC2CC2)c2ncn([C@@H]3CC(O)C(CO)C3)c2n1. The third-order valence-corrected chi connectivity index (χ3v) is 4.62. The van der Waals surface area contributed by atoms with Crippen LogP contribution in [0.1, 0.15) is 31.7 Å². The number of nitrogen functional groups attached to an aromatic ring is 1. The molecule has 2 aliphatic carbocycles. The van der Waals surface area contributed by atoms with Gasteiger partial charge in [-0.05, 0) is 25.7 Å². The van der Waals surface area contributed by atoms with Crippen LogP contribution in [0.15, 0.2) is 6.33 Å². The quantitative estimate of drug-likeness (QED) is 0.630. The molecule has 134 valence electrons. The highest BCUT2D eigenvalue weighted by Gasteiger charge is 2.34. The van der Waals surface area contributed by atoms with E-state index in [0.717, 1.165) is 12.8 Å². The molecule has 3 atom stereocenters. The molecule has 0 bridgehead atoms. The third-order valence-electron chi connectivity index (χ3n) is 4.62. The molecule has 2 aromatic rings. The summed E-state index contributed by atoms with van der Waals surface area (Å²) in [6.07, 6.45) is 4.81. The summed E-state index contributed by atoms with van der Waals surface area (Å²) in [7, 11) is 0. The van der Waals surface area contributed by atoms with Crippen molar-refractivity contribution < 1.29 is 10.2 Å². The zero-order valence-corrected chi connectivity index (χ0v) is 14.6. The number of fused-ring (bicyclic) bond motifs is 1. The van der Waals surface area contributed by atoms with E-state index in [0.29, 0.717) is 35.9 Å². The van der Waals surface area contributed by atoms with Crippen molar-refractivity contribution in [3.8, 4) is 0 Å². The van der Waals surface area contributed by atoms with E-state index < -0.39 is 6.10 Å². The second-order valence-corrected chi connectivity index (χ2v) is 6.31. The van der Waals surface area contributed by atoms with E-state index in [9.17, 15) is 10.2 Å². The average Bonchev–Trinajstić information content (AvgIpc) is 3.07. The van der Waals surface area contributed by atoms with Gasteiger partial charge in [0.15, 0.2) is 17.0 Å². The highest BCUT2D eigenvalue weighted by Crippen LogP contribution is 2.37. The van der Waals surface area contributed by atoms with Crippen LogP contribution in [0.4, 0.5) is 11.8 Å². The van der Waals surface area contributed by atoms with E-state index in [1.165, 1.54) is 0 Å². The standard InChI is InChI=1S/C14H20N6O2.2ClH/c15-14-18-12(17-8-1-2-8)11-13(19-14)20(6-16-11)9-3-7(5-21)10(22)4-9;;/h6-10,21-22H,1-5H2,(H3,15,17,18,19);2*1H/t7?,9-,10?;;/m0../s1. The Labute approximate surface area is 151 Å². The number of hydrogen-bond donors (Lipinski definition) is 4. The predicted octanol–water partition coefficient (Wildman–Crippen LogP) is 1.13. The summed E-state index contributed by atoms with van der Waals surface area (Å²) in [6.45, 7) is -0.00406. The molecule has 0 aliphatic heterocycles. The smallest absolute Gasteiger partial charge is 0.224 e. The molecule has 5 N–H and O–H groups in total. The molecule has 4 rings (SSSR count). The van der Waals surface area contributed by atoms with Crippen molar-refractivity contribution in [1.82, 2.24) is 19.5 Å². The lowest BCUT2D eigenvalue weighted by molar-refractivity contribution is 0.0906. The van der Waals surface area contributed by atoms with Crippen molar-refractivity contribution in [2.75, 3.05) is 17.7 Å². The normalized spacial score (nSPS) is 26.0. The van der Waals surface area contributed by atoms with Gasteiger partial charge in [-0.15, -0.1) is 24.8 Å². The summed E-state index contributed by atoms with van der Waals surface area (Å²) in [5.74, 6) is 0.807. The molecule has 0 radical (unpaired) electrons. The maximum absolute atomic E-state index is 10.0. The minimum absolute atomic E-state index is 0. The minimum Gasteiger partial charge on any atom is -0.396 e. The summed E-state index contributed by atoms with van der Waals surface area (Å²) in [5.41, 5.74) is 7.23. The highest BCUT2D eigenvalue weighted by atomic mass is 35.5. The Balaban J connectivity index is 0.00000104. The fourth-order valence-electron chi connectivity index (χ4n) is 3.22. The second-order valence-electron chi connectivity index (χ2n) is 6.31. The van der Waals surface area contributed by atoms with Crippen LogP contribution in [0.3, 0.4) is 0 Å². The Morgan fingerprint density at radius 2 is 2.00 bits per heavy atom. The summed E-state index contributed by atoms with van der Waals surface area (Å²) in [5, 5.41) is 22.7. The van der Waals surface area contributed by atoms with Crippen LogP contribution in [0.25, 0.3) is 11.2 Å². The van der Waals surface area contributed by atoms with Crippen LogP contribution in [-0.2, 0) is 0 Å². The first kappa shape index (κ1) is 19.0. The minimum atomic E-state index is -0.490. The van der Waals surface area contributed by atoms with Gasteiger partial charge in [-0.2, -0.15) is 9.97 Å². The number of imidazole rings is 1. The molecule has 2 aromatic heterocycles. The van der Waals surface area contributed by atoms with Crippen LogP contribution < -0.4 is 11.1 Å². The molecule has 24 heavy (non-hydrogen) atoms. The van der Waals surface area contributed by atoms with Gasteiger partial charge < -0.3 is 25.8 Å². The topological polar surface area (TPSA) is 122 Å². The number of nitrogens with zero attached hydrogens (tertiary/aromatic N) is 4. The summed E-state index contributed by atoms with van der Waals surface area (Å²) in [6, 6.07) is 0.523. The lowest BCUT2D eigenvalue weighted by Gasteiger charge is -2.13. The number of halogens is 2. The number of nitrogens with two attached hydrogens (primary N) is 1. The van der Waals surface area contributed by atoms with Gasteiger partial charge >= 0.3 is 0 Å². The van der Waals surface area contributed by atoms with Gasteiger partial charge in [0, 0.05) is 24.6 Å². The number of aliphatic hydroxyl groups excluding tert-OH is 2. The number of anilines is 2. The number of nitrogens with one attached hydrogen (secondary N) is 1. The van der Waals surface area contributed by atoms with E-state index in [2.05, 4.69) is 20.3 Å². The zero-order chi connectivity index (χ0) is 15.3. The van der Waals surface area contributed by atoms with Gasteiger partial charge in [-0.3, -0.25) is 0 Å². The van der Waals surface area contributed by atoms with Crippen molar-refractivity contribution in [3.05, 3.63) is 6.33 Å². The van der Waals surface area contributed by atoms with Gasteiger partial charge in [-0.25, -0.2) is 4.98 Å². The Bertz CT molecular complexity index is 708. The third kappa shape index (κ3) is 3.37. The van der Waals surface area contributed by atoms with E-state index in [1.807, 2.05) is 4.57 Å². The molecule has 0 saturated heterocycles. The fourth-order valence-corrected chi connectivity index (χ4v) is 3.22. The van der Waals surface area contributed by atoms with Gasteiger partial charge in [0.2, 0.25) is 5.95 Å². The lowest BCUT2D eigenvalue weighted by atomic mass is 10.1. The van der Waals surface area contributed by atoms with Crippen LogP contribution in [0.5, 0.6) is 0 Å². The fraction of sp³-hybridized carbons (Fsp3) is 0.643. The van der Waals surface area contributed by atoms with E-state index in [1.54, 1.807) is 6.33 Å². The highest BCUT2D eigenvalue weighted by molar-refractivity contribution is 5.86. The molecule has 2 unspecified atom stereocenters. The first-order valence-corrected chi connectivity index (χ1v) is 7.71. The van der Waals surface area contributed by atoms with E-state index >= 15 is 0 Å². The molecular formula is C14H22Cl2N6O2. The zero-order valence-electron chi connectivity index (χ0n) is 13.0. The molecule has 0 aromatic carbocycles. The Morgan fingerprint density at radius 1 is 1.25 bits per heavy atom. The van der Waals surface area contributed by atoms with E-state index in [4.69, 9.17) is 5.73 Å². The molecule has 2 aliphatic rings. The first-order valence-electron chi connectivity index (χ1n) is 7.71. The number of aliphatic hydroxyl groups is 2. The summed E-state index contributed by atoms with van der Waals surface area (Å²) >= 11 is 0. The van der Waals surface area contributed by atoms with Crippen molar-refractivity contribution >= 4 is 47.7 Å². The summed E-state index contributed by atoms with van der Waals surface area (Å²) in [4.78, 5) is 13.0. The average molecular weight is 377 g/mol. The van der Waals surface area contributed by atoms with Crippen LogP contribution in [0.2, 0.25) is 0 Å². The molecule has 0 spiro atoms. The van der Waals surface area contributed by atoms with Crippen molar-refractivity contribution in [2.45, 2.75) is 43.9 Å². The molecule has 2 fully saturated rings. The molecule has 8 nitrogen and oxygen atoms in total. The predicted molar refractivity (Wildman–Crippen MR) is 95.7 cm³/mol. The maximum Gasteiger partial charge on any atom is 0.224 e. The van der Waals surface area contributed by atoms with Crippen molar-refractivity contribution in [3.63, 3.8) is 0 Å². The monoisotopic (exact) mass is 376 g/mol. The van der Waals surface area contributed by atoms with E-state index in [-0.39, 0.29) is 49.3 Å². The largest absolute Gasteiger partial charge is 0.396 e. The maximum atomic E-state index is 10.0. The summed E-state index contributed by atoms with van der Waals surface area (Å²) < 4.78 is 1.95. The van der Waals surface area contributed by atoms with Gasteiger partial charge in [-0.1, -0.05) is 0 Å². The second kappa shape index (κ2) is 7.26. The number of hydrogen-bond acceptors (Lipinski definition) is 7. The van der Waals surface area contributed by atoms with Gasteiger partial charge in [0.25, 0.3) is 0 Å². The van der Waals surface area contributed by atoms with Crippen molar-refractivity contribution in [2.24, 2.45) is 5.92 Å². The molecular weight excluding hydrogens is 355 g/mol. The Kier molecular flexibility index (Phi) is 5.74. The lowest BCUT2D eigenvalue weighted by Crippen LogP contribution is -2.16. The van der Waals surface area contributed by atoms with Gasteiger partial charge in [0.1, 0.15) is 0 Å². The first-order chi connectivity index (χ1) is 10.7. The number of aromatic nitrogens is 4. The number of rotatable bonds is 4. The molecule has 0 amide bonds. The van der Waals surface area contributed by atoms with Crippen LogP contribution in [0, 0.1) is 5.92 Å². The van der Waals surface area contributed by atoms with Crippen LogP contribution in [-0.4, -0.2) is 48.5 Å². The van der Waals surface area contributed by atoms with Crippen molar-refractivity contribution in [1.29, 1.82) is 0 Å². The van der Waals surface area contributed by atoms with Gasteiger partial charge in [0.05, 0.1) is 12.4 Å². The van der Waals surface area contributed by atoms with Crippen LogP contribution >= 0.6 is 24.8 Å². The Hall–Kier alpha value is -1.35. The molecule has 10 heteroatoms. The Morgan fingerprint density at radius 3 is 2.62 bits per heavy atom.